The third kappa shape index (κ3) is 3.15. The van der Waals surface area contributed by atoms with E-state index in [2.05, 4.69) is 0 Å². The highest BCUT2D eigenvalue weighted by molar-refractivity contribution is 4.70. The van der Waals surface area contributed by atoms with Crippen molar-refractivity contribution in [2.45, 2.75) is 39.7 Å². The molecule has 3 N–H and O–H groups in total. The van der Waals surface area contributed by atoms with Crippen LogP contribution < -0.4 is 5.73 Å². The molecule has 0 amide bonds. The Kier molecular flexibility index (Phi) is 3.28. The summed E-state index contributed by atoms with van der Waals surface area (Å²) >= 11 is 0. The molecule has 0 heterocycles. The van der Waals surface area contributed by atoms with E-state index in [1.54, 1.807) is 13.8 Å². The molecule has 0 saturated carbocycles. The molecule has 0 aromatic rings. The number of nitrogens with two attached hydrogens (primary N) is 1. The maximum atomic E-state index is 8.83. The van der Waals surface area contributed by atoms with Crippen molar-refractivity contribution in [3.8, 4) is 0 Å². The third-order valence-corrected chi connectivity index (χ3v) is 1.57. The average molecular weight is 147 g/mol. The van der Waals surface area contributed by atoms with Gasteiger partial charge in [-0.05, 0) is 19.8 Å². The first kappa shape index (κ1) is 9.88. The van der Waals surface area contributed by atoms with Crippen LogP contribution in [0.25, 0.3) is 0 Å². The number of rotatable bonds is 3. The minimum atomic E-state index is -0.794. The molecule has 0 aromatic heterocycles. The summed E-state index contributed by atoms with van der Waals surface area (Å²) in [6.07, 6.45) is -0.794. The van der Waals surface area contributed by atoms with Gasteiger partial charge in [-0.25, -0.2) is 0 Å². The molecule has 0 aliphatic heterocycles. The number of aliphatic hydroxyl groups excluding tert-OH is 1. The Hall–Kier alpha value is -0.120. The zero-order valence-electron chi connectivity index (χ0n) is 7.09. The van der Waals surface area contributed by atoms with Gasteiger partial charge in [0.25, 0.3) is 0 Å². The number of aliphatic hydroxyl groups is 1. The number of hydrogen-bond acceptors (Lipinski definition) is 3. The van der Waals surface area contributed by atoms with E-state index in [1.165, 1.54) is 0 Å². The largest absolute Gasteiger partial charge is 0.368 e. The van der Waals surface area contributed by atoms with Crippen LogP contribution >= 0.6 is 0 Å². The fourth-order valence-corrected chi connectivity index (χ4v) is 0.504. The van der Waals surface area contributed by atoms with Crippen LogP contribution in [0.15, 0.2) is 0 Å². The van der Waals surface area contributed by atoms with Crippen molar-refractivity contribution >= 4 is 0 Å². The molecule has 2 atom stereocenters. The summed E-state index contributed by atoms with van der Waals surface area (Å²) in [5, 5.41) is 8.83. The molecule has 0 aliphatic rings. The van der Waals surface area contributed by atoms with Crippen molar-refractivity contribution in [3.63, 3.8) is 0 Å². The Balaban J connectivity index is 3.87. The second-order valence-electron chi connectivity index (χ2n) is 3.06. The number of ether oxygens (including phenoxy) is 1. The molecule has 0 rings (SSSR count). The van der Waals surface area contributed by atoms with E-state index in [4.69, 9.17) is 15.6 Å². The van der Waals surface area contributed by atoms with E-state index in [1.807, 2.05) is 13.8 Å². The summed E-state index contributed by atoms with van der Waals surface area (Å²) in [5.74, 6) is 0.196. The van der Waals surface area contributed by atoms with Gasteiger partial charge < -0.3 is 15.6 Å². The maximum absolute atomic E-state index is 8.83. The van der Waals surface area contributed by atoms with Crippen LogP contribution in [0.3, 0.4) is 0 Å². The molecule has 62 valence electrons. The van der Waals surface area contributed by atoms with E-state index in [9.17, 15) is 0 Å². The molecule has 2 unspecified atom stereocenters. The topological polar surface area (TPSA) is 55.5 Å². The average Bonchev–Trinajstić information content (AvgIpc) is 1.60. The Morgan fingerprint density at radius 3 is 1.90 bits per heavy atom. The second kappa shape index (κ2) is 3.32. The molecule has 0 aliphatic carbocycles. The zero-order valence-corrected chi connectivity index (χ0v) is 7.09. The first-order chi connectivity index (χ1) is 4.36. The van der Waals surface area contributed by atoms with E-state index in [0.29, 0.717) is 0 Å². The Morgan fingerprint density at radius 1 is 1.40 bits per heavy atom. The monoisotopic (exact) mass is 147 g/mol. The third-order valence-electron chi connectivity index (χ3n) is 1.57. The van der Waals surface area contributed by atoms with Gasteiger partial charge in [0, 0.05) is 0 Å². The van der Waals surface area contributed by atoms with Crippen LogP contribution in [0.1, 0.15) is 27.7 Å². The standard InChI is InChI=1S/C7H17NO2/c1-5(2)7(4,8)10-6(3)9/h5-6,9H,8H2,1-4H3. The molecular weight excluding hydrogens is 130 g/mol. The van der Waals surface area contributed by atoms with Crippen LogP contribution in [-0.4, -0.2) is 17.1 Å². The summed E-state index contributed by atoms with van der Waals surface area (Å²) in [6.45, 7) is 7.20. The SMILES string of the molecule is CC(O)OC(C)(N)C(C)C. The quantitative estimate of drug-likeness (QED) is 0.577. The first-order valence-corrected chi connectivity index (χ1v) is 3.51. The predicted octanol–water partition coefficient (Wildman–Crippen LogP) is 0.672. The van der Waals surface area contributed by atoms with Gasteiger partial charge in [-0.15, -0.1) is 0 Å². The molecule has 3 nitrogen and oxygen atoms in total. The second-order valence-corrected chi connectivity index (χ2v) is 3.06. The van der Waals surface area contributed by atoms with E-state index in [-0.39, 0.29) is 5.92 Å². The summed E-state index contributed by atoms with van der Waals surface area (Å²) in [5.41, 5.74) is 4.95. The van der Waals surface area contributed by atoms with Crippen molar-refractivity contribution in [2.24, 2.45) is 11.7 Å². The smallest absolute Gasteiger partial charge is 0.154 e. The summed E-state index contributed by atoms with van der Waals surface area (Å²) in [7, 11) is 0. The molecule has 0 radical (unpaired) electrons. The fourth-order valence-electron chi connectivity index (χ4n) is 0.504. The highest BCUT2D eigenvalue weighted by atomic mass is 16.6. The highest BCUT2D eigenvalue weighted by Gasteiger charge is 2.25. The van der Waals surface area contributed by atoms with Crippen molar-refractivity contribution < 1.29 is 9.84 Å². The van der Waals surface area contributed by atoms with E-state index < -0.39 is 12.0 Å². The van der Waals surface area contributed by atoms with Gasteiger partial charge in [0.15, 0.2) is 6.29 Å². The first-order valence-electron chi connectivity index (χ1n) is 3.51. The fraction of sp³-hybridized carbons (Fsp3) is 1.00. The summed E-state index contributed by atoms with van der Waals surface area (Å²) < 4.78 is 5.03. The lowest BCUT2D eigenvalue weighted by atomic mass is 10.0. The van der Waals surface area contributed by atoms with Crippen LogP contribution in [0, 0.1) is 5.92 Å². The summed E-state index contributed by atoms with van der Waals surface area (Å²) in [6, 6.07) is 0. The Bertz CT molecular complexity index is 99.8. The molecule has 0 fully saturated rings. The van der Waals surface area contributed by atoms with Crippen molar-refractivity contribution in [3.05, 3.63) is 0 Å². The normalized spacial score (nSPS) is 20.7. The predicted molar refractivity (Wildman–Crippen MR) is 40.2 cm³/mol. The van der Waals surface area contributed by atoms with Crippen molar-refractivity contribution in [1.29, 1.82) is 0 Å². The molecule has 0 bridgehead atoms. The Morgan fingerprint density at radius 2 is 1.80 bits per heavy atom. The maximum Gasteiger partial charge on any atom is 0.154 e. The van der Waals surface area contributed by atoms with Gasteiger partial charge in [-0.1, -0.05) is 13.8 Å². The van der Waals surface area contributed by atoms with Gasteiger partial charge in [-0.3, -0.25) is 0 Å². The lowest BCUT2D eigenvalue weighted by Crippen LogP contribution is -2.46. The van der Waals surface area contributed by atoms with Gasteiger partial charge in [-0.2, -0.15) is 0 Å². The van der Waals surface area contributed by atoms with Gasteiger partial charge in [0.05, 0.1) is 0 Å². The van der Waals surface area contributed by atoms with Crippen LogP contribution in [0.4, 0.5) is 0 Å². The van der Waals surface area contributed by atoms with Crippen LogP contribution in [-0.2, 0) is 4.74 Å². The van der Waals surface area contributed by atoms with Gasteiger partial charge in [0.2, 0.25) is 0 Å². The molecule has 0 aromatic carbocycles. The molecular formula is C7H17NO2. The highest BCUT2D eigenvalue weighted by Crippen LogP contribution is 2.15. The lowest BCUT2D eigenvalue weighted by molar-refractivity contribution is -0.183. The molecule has 0 saturated heterocycles. The van der Waals surface area contributed by atoms with Crippen LogP contribution in [0.5, 0.6) is 0 Å². The minimum Gasteiger partial charge on any atom is -0.368 e. The van der Waals surface area contributed by atoms with Crippen LogP contribution in [0.2, 0.25) is 0 Å². The van der Waals surface area contributed by atoms with Gasteiger partial charge in [0.1, 0.15) is 5.72 Å². The van der Waals surface area contributed by atoms with E-state index in [0.717, 1.165) is 0 Å². The van der Waals surface area contributed by atoms with Gasteiger partial charge >= 0.3 is 0 Å². The Labute approximate surface area is 62.2 Å². The van der Waals surface area contributed by atoms with Crippen molar-refractivity contribution in [1.82, 2.24) is 0 Å². The zero-order chi connectivity index (χ0) is 8.36. The number of hydrogen-bond donors (Lipinski definition) is 2. The van der Waals surface area contributed by atoms with Crippen molar-refractivity contribution in [2.75, 3.05) is 0 Å². The lowest BCUT2D eigenvalue weighted by Gasteiger charge is -2.30. The minimum absolute atomic E-state index is 0.196. The summed E-state index contributed by atoms with van der Waals surface area (Å²) in [4.78, 5) is 0. The van der Waals surface area contributed by atoms with E-state index >= 15 is 0 Å². The molecule has 0 spiro atoms. The molecule has 10 heavy (non-hydrogen) atoms. The molecule has 3 heteroatoms.